The van der Waals surface area contributed by atoms with E-state index >= 15 is 0 Å². The molecule has 1 aliphatic carbocycles. The third-order valence-electron chi connectivity index (χ3n) is 3.55. The van der Waals surface area contributed by atoms with Crippen molar-refractivity contribution >= 4 is 11.6 Å². The molecule has 3 nitrogen and oxygen atoms in total. The van der Waals surface area contributed by atoms with Crippen molar-refractivity contribution in [3.05, 3.63) is 11.1 Å². The molecule has 0 bridgehead atoms. The molecule has 1 atom stereocenters. The van der Waals surface area contributed by atoms with E-state index in [4.69, 9.17) is 11.6 Å². The molecule has 0 spiro atoms. The summed E-state index contributed by atoms with van der Waals surface area (Å²) >= 11 is 6.12. The van der Waals surface area contributed by atoms with E-state index < -0.39 is 0 Å². The summed E-state index contributed by atoms with van der Waals surface area (Å²) in [4.78, 5) is 0. The molecule has 0 saturated heterocycles. The van der Waals surface area contributed by atoms with Crippen LogP contribution in [-0.4, -0.2) is 14.8 Å². The zero-order valence-corrected chi connectivity index (χ0v) is 10.4. The van der Waals surface area contributed by atoms with Gasteiger partial charge in [-0.3, -0.25) is 4.57 Å². The molecule has 1 saturated carbocycles. The number of halogens is 1. The normalized spacial score (nSPS) is 24.7. The molecular formula is C11H18ClN3. The lowest BCUT2D eigenvalue weighted by molar-refractivity contribution is 0.256. The quantitative estimate of drug-likeness (QED) is 0.777. The summed E-state index contributed by atoms with van der Waals surface area (Å²) in [6.45, 7) is 6.71. The second-order valence-corrected chi connectivity index (χ2v) is 5.34. The maximum Gasteiger partial charge on any atom is 0.225 e. The Bertz CT molecular complexity index is 357. The van der Waals surface area contributed by atoms with Crippen LogP contribution in [0.2, 0.25) is 5.28 Å². The molecule has 0 aliphatic heterocycles. The number of nitrogens with zero attached hydrogens (tertiary/aromatic N) is 3. The van der Waals surface area contributed by atoms with Crippen LogP contribution in [0.25, 0.3) is 0 Å². The highest BCUT2D eigenvalue weighted by molar-refractivity contribution is 6.28. The van der Waals surface area contributed by atoms with E-state index in [1.165, 1.54) is 19.3 Å². The highest BCUT2D eigenvalue weighted by Crippen LogP contribution is 2.47. The van der Waals surface area contributed by atoms with Crippen molar-refractivity contribution in [1.82, 2.24) is 14.8 Å². The molecular weight excluding hydrogens is 210 g/mol. The van der Waals surface area contributed by atoms with E-state index in [2.05, 4.69) is 35.5 Å². The molecule has 1 fully saturated rings. The smallest absolute Gasteiger partial charge is 0.225 e. The Hall–Kier alpha value is -0.570. The fourth-order valence-electron chi connectivity index (χ4n) is 2.64. The zero-order chi connectivity index (χ0) is 11.1. The summed E-state index contributed by atoms with van der Waals surface area (Å²) in [5.74, 6) is 1.01. The number of hydrogen-bond acceptors (Lipinski definition) is 2. The summed E-state index contributed by atoms with van der Waals surface area (Å²) < 4.78 is 2.13. The monoisotopic (exact) mass is 227 g/mol. The van der Waals surface area contributed by atoms with Crippen molar-refractivity contribution in [2.24, 2.45) is 5.41 Å². The molecule has 0 N–H and O–H groups in total. The Balaban J connectivity index is 2.40. The third kappa shape index (κ3) is 1.78. The molecule has 2 rings (SSSR count). The van der Waals surface area contributed by atoms with Gasteiger partial charge in [-0.2, -0.15) is 0 Å². The Morgan fingerprint density at radius 1 is 1.47 bits per heavy atom. The van der Waals surface area contributed by atoms with Crippen molar-refractivity contribution in [3.63, 3.8) is 0 Å². The number of aromatic nitrogens is 3. The van der Waals surface area contributed by atoms with Crippen LogP contribution in [0.3, 0.4) is 0 Å². The average Bonchev–Trinajstić information content (AvgIpc) is 2.68. The summed E-state index contributed by atoms with van der Waals surface area (Å²) in [6.07, 6.45) is 4.62. The minimum atomic E-state index is 0.315. The Morgan fingerprint density at radius 2 is 2.20 bits per heavy atom. The van der Waals surface area contributed by atoms with E-state index in [1.807, 2.05) is 0 Å². The van der Waals surface area contributed by atoms with Gasteiger partial charge in [0.05, 0.1) is 0 Å². The first-order valence-corrected chi connectivity index (χ1v) is 6.03. The van der Waals surface area contributed by atoms with Crippen molar-refractivity contribution in [1.29, 1.82) is 0 Å². The fourth-order valence-corrected chi connectivity index (χ4v) is 2.89. The maximum absolute atomic E-state index is 6.12. The lowest BCUT2D eigenvalue weighted by Gasteiger charge is -2.29. The minimum Gasteiger partial charge on any atom is -0.298 e. The number of aryl methyl sites for hydroxylation is 1. The van der Waals surface area contributed by atoms with Gasteiger partial charge in [0.25, 0.3) is 0 Å². The second kappa shape index (κ2) is 3.78. The van der Waals surface area contributed by atoms with E-state index in [0.717, 1.165) is 12.2 Å². The van der Waals surface area contributed by atoms with Gasteiger partial charge in [-0.05, 0) is 29.9 Å². The molecule has 1 aromatic heterocycles. The molecule has 4 heteroatoms. The Labute approximate surface area is 95.8 Å². The molecule has 0 amide bonds. The second-order valence-electron chi connectivity index (χ2n) is 5.01. The molecule has 15 heavy (non-hydrogen) atoms. The van der Waals surface area contributed by atoms with Crippen molar-refractivity contribution in [2.75, 3.05) is 0 Å². The molecule has 1 aromatic rings. The van der Waals surface area contributed by atoms with Crippen LogP contribution in [0, 0.1) is 5.41 Å². The average molecular weight is 228 g/mol. The topological polar surface area (TPSA) is 30.7 Å². The van der Waals surface area contributed by atoms with Gasteiger partial charge < -0.3 is 0 Å². The predicted octanol–water partition coefficient (Wildman–Crippen LogP) is 3.25. The highest BCUT2D eigenvalue weighted by Gasteiger charge is 2.37. The van der Waals surface area contributed by atoms with Gasteiger partial charge in [0.2, 0.25) is 5.28 Å². The molecule has 84 valence electrons. The Morgan fingerprint density at radius 3 is 2.73 bits per heavy atom. The van der Waals surface area contributed by atoms with E-state index in [-0.39, 0.29) is 0 Å². The summed E-state index contributed by atoms with van der Waals surface area (Å²) in [6, 6.07) is 0.468. The first-order chi connectivity index (χ1) is 7.06. The first kappa shape index (κ1) is 10.9. The van der Waals surface area contributed by atoms with Crippen molar-refractivity contribution in [2.45, 2.75) is 52.5 Å². The third-order valence-corrected chi connectivity index (χ3v) is 3.81. The zero-order valence-electron chi connectivity index (χ0n) is 9.63. The van der Waals surface area contributed by atoms with Gasteiger partial charge in [0.15, 0.2) is 0 Å². The first-order valence-electron chi connectivity index (χ1n) is 5.65. The van der Waals surface area contributed by atoms with Crippen molar-refractivity contribution < 1.29 is 0 Å². The largest absolute Gasteiger partial charge is 0.298 e. The lowest BCUT2D eigenvalue weighted by atomic mass is 9.87. The van der Waals surface area contributed by atoms with Gasteiger partial charge in [-0.1, -0.05) is 27.2 Å². The molecule has 1 aliphatic rings. The van der Waals surface area contributed by atoms with Gasteiger partial charge in [-0.15, -0.1) is 10.2 Å². The van der Waals surface area contributed by atoms with Crippen LogP contribution in [0.4, 0.5) is 0 Å². The minimum absolute atomic E-state index is 0.315. The highest BCUT2D eigenvalue weighted by atomic mass is 35.5. The van der Waals surface area contributed by atoms with Crippen LogP contribution >= 0.6 is 11.6 Å². The van der Waals surface area contributed by atoms with Crippen LogP contribution in [0.5, 0.6) is 0 Å². The van der Waals surface area contributed by atoms with E-state index in [9.17, 15) is 0 Å². The van der Waals surface area contributed by atoms with Crippen LogP contribution < -0.4 is 0 Å². The molecule has 1 unspecified atom stereocenters. The number of hydrogen-bond donors (Lipinski definition) is 0. The van der Waals surface area contributed by atoms with E-state index in [0.29, 0.717) is 16.7 Å². The number of rotatable bonds is 2. The fraction of sp³-hybridized carbons (Fsp3) is 0.818. The summed E-state index contributed by atoms with van der Waals surface area (Å²) in [5, 5.41) is 8.65. The van der Waals surface area contributed by atoms with Gasteiger partial charge in [-0.25, -0.2) is 0 Å². The van der Waals surface area contributed by atoms with Gasteiger partial charge in [0, 0.05) is 12.5 Å². The predicted molar refractivity (Wildman–Crippen MR) is 61.1 cm³/mol. The van der Waals surface area contributed by atoms with E-state index in [1.54, 1.807) is 0 Å². The van der Waals surface area contributed by atoms with Crippen LogP contribution in [0.1, 0.15) is 51.9 Å². The summed E-state index contributed by atoms with van der Waals surface area (Å²) in [7, 11) is 0. The van der Waals surface area contributed by atoms with Crippen LogP contribution in [-0.2, 0) is 6.42 Å². The SMILES string of the molecule is CCc1nnc(Cl)n1C1CCCC1(C)C. The lowest BCUT2D eigenvalue weighted by Crippen LogP contribution is -2.23. The molecule has 0 radical (unpaired) electrons. The van der Waals surface area contributed by atoms with Gasteiger partial charge >= 0.3 is 0 Å². The molecule has 1 heterocycles. The van der Waals surface area contributed by atoms with Crippen molar-refractivity contribution in [3.8, 4) is 0 Å². The van der Waals surface area contributed by atoms with Gasteiger partial charge in [0.1, 0.15) is 5.82 Å². The molecule has 0 aromatic carbocycles. The summed E-state index contributed by atoms with van der Waals surface area (Å²) in [5.41, 5.74) is 0.315. The maximum atomic E-state index is 6.12. The Kier molecular flexibility index (Phi) is 2.75. The standard InChI is InChI=1S/C11H18ClN3/c1-4-9-13-14-10(12)15(9)8-6-5-7-11(8,2)3/h8H,4-7H2,1-3H3. The van der Waals surface area contributed by atoms with Crippen LogP contribution in [0.15, 0.2) is 0 Å².